The predicted octanol–water partition coefficient (Wildman–Crippen LogP) is 1.72. The monoisotopic (exact) mass is 289 g/mol. The molecule has 21 heavy (non-hydrogen) atoms. The summed E-state index contributed by atoms with van der Waals surface area (Å²) in [6, 6.07) is 0.440. The molecule has 1 aromatic rings. The van der Waals surface area contributed by atoms with Crippen LogP contribution in [0.15, 0.2) is 0 Å². The van der Waals surface area contributed by atoms with Crippen LogP contribution < -0.4 is 16.4 Å². The third-order valence-electron chi connectivity index (χ3n) is 3.96. The molecule has 4 N–H and O–H groups in total. The fourth-order valence-electron chi connectivity index (χ4n) is 2.23. The molecule has 3 rings (SSSR count). The quantitative estimate of drug-likeness (QED) is 0.665. The minimum Gasteiger partial charge on any atom is -0.383 e. The maximum atomic E-state index is 11.6. The van der Waals surface area contributed by atoms with Crippen molar-refractivity contribution in [2.24, 2.45) is 0 Å². The van der Waals surface area contributed by atoms with Gasteiger partial charge in [-0.2, -0.15) is 0 Å². The van der Waals surface area contributed by atoms with E-state index in [1.807, 2.05) is 6.92 Å². The van der Waals surface area contributed by atoms with E-state index in [-0.39, 0.29) is 5.91 Å². The second-order valence-corrected chi connectivity index (χ2v) is 6.09. The van der Waals surface area contributed by atoms with Gasteiger partial charge in [0.2, 0.25) is 5.91 Å². The smallest absolute Gasteiger partial charge is 0.220 e. The Morgan fingerprint density at radius 3 is 2.71 bits per heavy atom. The molecular weight excluding hydrogens is 266 g/mol. The molecule has 6 heteroatoms. The van der Waals surface area contributed by atoms with E-state index in [9.17, 15) is 4.79 Å². The van der Waals surface area contributed by atoms with Gasteiger partial charge in [-0.1, -0.05) is 0 Å². The van der Waals surface area contributed by atoms with Crippen molar-refractivity contribution in [3.05, 3.63) is 11.4 Å². The summed E-state index contributed by atoms with van der Waals surface area (Å²) in [5.41, 5.74) is 6.84. The lowest BCUT2D eigenvalue weighted by atomic mass is 10.2. The molecule has 114 valence electrons. The van der Waals surface area contributed by atoms with Gasteiger partial charge in [0.05, 0.1) is 0 Å². The summed E-state index contributed by atoms with van der Waals surface area (Å²) in [6.45, 7) is 2.65. The first-order valence-electron chi connectivity index (χ1n) is 7.80. The summed E-state index contributed by atoms with van der Waals surface area (Å²) >= 11 is 0. The zero-order chi connectivity index (χ0) is 14.8. The van der Waals surface area contributed by atoms with Crippen molar-refractivity contribution in [1.29, 1.82) is 0 Å². The molecular formula is C15H23N5O. The van der Waals surface area contributed by atoms with Gasteiger partial charge < -0.3 is 16.4 Å². The average Bonchev–Trinajstić information content (AvgIpc) is 3.32. The molecule has 0 unspecified atom stereocenters. The Morgan fingerprint density at radius 1 is 1.29 bits per heavy atom. The lowest BCUT2D eigenvalue weighted by Gasteiger charge is -2.11. The van der Waals surface area contributed by atoms with Gasteiger partial charge in [0.25, 0.3) is 0 Å². The SMILES string of the molecule is Cc1c(N)nc(C2CC2)nc1NCCCC(=O)NC1CC1. The molecule has 0 aromatic carbocycles. The highest BCUT2D eigenvalue weighted by Crippen LogP contribution is 2.39. The third-order valence-corrected chi connectivity index (χ3v) is 3.96. The largest absolute Gasteiger partial charge is 0.383 e. The Labute approximate surface area is 124 Å². The van der Waals surface area contributed by atoms with Gasteiger partial charge >= 0.3 is 0 Å². The summed E-state index contributed by atoms with van der Waals surface area (Å²) in [6.07, 6.45) is 5.92. The molecule has 0 saturated heterocycles. The lowest BCUT2D eigenvalue weighted by molar-refractivity contribution is -0.121. The van der Waals surface area contributed by atoms with E-state index in [1.54, 1.807) is 0 Å². The predicted molar refractivity (Wildman–Crippen MR) is 82.0 cm³/mol. The number of hydrogen-bond acceptors (Lipinski definition) is 5. The average molecular weight is 289 g/mol. The van der Waals surface area contributed by atoms with Gasteiger partial charge in [-0.05, 0) is 39.0 Å². The van der Waals surface area contributed by atoms with E-state index in [1.165, 1.54) is 0 Å². The van der Waals surface area contributed by atoms with Gasteiger partial charge in [-0.3, -0.25) is 4.79 Å². The molecule has 0 radical (unpaired) electrons. The maximum Gasteiger partial charge on any atom is 0.220 e. The van der Waals surface area contributed by atoms with E-state index >= 15 is 0 Å². The number of hydrogen-bond donors (Lipinski definition) is 3. The van der Waals surface area contributed by atoms with Crippen molar-refractivity contribution in [2.45, 2.75) is 57.4 Å². The Kier molecular flexibility index (Phi) is 3.94. The molecule has 0 aliphatic heterocycles. The zero-order valence-electron chi connectivity index (χ0n) is 12.5. The molecule has 2 fully saturated rings. The summed E-state index contributed by atoms with van der Waals surface area (Å²) in [5.74, 6) is 2.86. The van der Waals surface area contributed by atoms with E-state index in [4.69, 9.17) is 5.73 Å². The van der Waals surface area contributed by atoms with Crippen molar-refractivity contribution in [3.63, 3.8) is 0 Å². The summed E-state index contributed by atoms with van der Waals surface area (Å²) in [7, 11) is 0. The molecule has 0 spiro atoms. The van der Waals surface area contributed by atoms with Crippen LogP contribution in [0.25, 0.3) is 0 Å². The molecule has 1 heterocycles. The molecule has 1 amide bonds. The van der Waals surface area contributed by atoms with E-state index in [2.05, 4.69) is 20.6 Å². The van der Waals surface area contributed by atoms with E-state index in [0.717, 1.165) is 55.9 Å². The topological polar surface area (TPSA) is 92.9 Å². The van der Waals surface area contributed by atoms with Crippen molar-refractivity contribution in [2.75, 3.05) is 17.6 Å². The van der Waals surface area contributed by atoms with Crippen molar-refractivity contribution < 1.29 is 4.79 Å². The normalized spacial score (nSPS) is 17.6. The number of carbonyl (C=O) groups excluding carboxylic acids is 1. The highest BCUT2D eigenvalue weighted by atomic mass is 16.1. The standard InChI is InChI=1S/C15H23N5O/c1-9-13(16)19-15(10-4-5-10)20-14(9)17-8-2-3-12(21)18-11-6-7-11/h10-11H,2-8H2,1H3,(H,18,21)(H3,16,17,19,20). The van der Waals surface area contributed by atoms with Crippen LogP contribution in [0.1, 0.15) is 55.8 Å². The Hall–Kier alpha value is -1.85. The van der Waals surface area contributed by atoms with E-state index < -0.39 is 0 Å². The minimum absolute atomic E-state index is 0.150. The number of nitrogens with one attached hydrogen (secondary N) is 2. The number of nitrogens with two attached hydrogens (primary N) is 1. The molecule has 1 aromatic heterocycles. The number of nitrogens with zero attached hydrogens (tertiary/aromatic N) is 2. The van der Waals surface area contributed by atoms with Gasteiger partial charge in [0.1, 0.15) is 17.5 Å². The Balaban J connectivity index is 1.48. The number of rotatable bonds is 7. The fourth-order valence-corrected chi connectivity index (χ4v) is 2.23. The van der Waals surface area contributed by atoms with Crippen LogP contribution in [0.3, 0.4) is 0 Å². The second kappa shape index (κ2) is 5.87. The molecule has 2 aliphatic carbocycles. The Bertz CT molecular complexity index is 537. The summed E-state index contributed by atoms with van der Waals surface area (Å²) < 4.78 is 0. The van der Waals surface area contributed by atoms with Crippen molar-refractivity contribution in [3.8, 4) is 0 Å². The Morgan fingerprint density at radius 2 is 2.05 bits per heavy atom. The number of nitrogen functional groups attached to an aromatic ring is 1. The molecule has 2 aliphatic rings. The van der Waals surface area contributed by atoms with Crippen LogP contribution >= 0.6 is 0 Å². The summed E-state index contributed by atoms with van der Waals surface area (Å²) in [5, 5.41) is 6.28. The second-order valence-electron chi connectivity index (χ2n) is 6.09. The van der Waals surface area contributed by atoms with E-state index in [0.29, 0.717) is 24.2 Å². The first-order valence-corrected chi connectivity index (χ1v) is 7.80. The zero-order valence-corrected chi connectivity index (χ0v) is 12.5. The first-order chi connectivity index (χ1) is 10.1. The summed E-state index contributed by atoms with van der Waals surface area (Å²) in [4.78, 5) is 20.5. The van der Waals surface area contributed by atoms with Crippen LogP contribution in [0.4, 0.5) is 11.6 Å². The molecule has 2 saturated carbocycles. The van der Waals surface area contributed by atoms with Crippen LogP contribution in [0.5, 0.6) is 0 Å². The number of amides is 1. The van der Waals surface area contributed by atoms with Gasteiger partial charge in [0.15, 0.2) is 0 Å². The fraction of sp³-hybridized carbons (Fsp3) is 0.667. The van der Waals surface area contributed by atoms with Gasteiger partial charge in [0, 0.05) is 30.5 Å². The van der Waals surface area contributed by atoms with Crippen LogP contribution in [-0.2, 0) is 4.79 Å². The molecule has 0 bridgehead atoms. The lowest BCUT2D eigenvalue weighted by Crippen LogP contribution is -2.25. The van der Waals surface area contributed by atoms with Crippen LogP contribution in [0.2, 0.25) is 0 Å². The van der Waals surface area contributed by atoms with Crippen molar-refractivity contribution >= 4 is 17.5 Å². The highest BCUT2D eigenvalue weighted by Gasteiger charge is 2.28. The third kappa shape index (κ3) is 3.83. The number of anilines is 2. The van der Waals surface area contributed by atoms with Crippen molar-refractivity contribution in [1.82, 2.24) is 15.3 Å². The minimum atomic E-state index is 0.150. The molecule has 0 atom stereocenters. The van der Waals surface area contributed by atoms with Crippen LogP contribution in [0, 0.1) is 6.92 Å². The maximum absolute atomic E-state index is 11.6. The first kappa shape index (κ1) is 14.1. The number of aromatic nitrogens is 2. The highest BCUT2D eigenvalue weighted by molar-refractivity contribution is 5.76. The number of carbonyl (C=O) groups is 1. The molecule has 6 nitrogen and oxygen atoms in total. The van der Waals surface area contributed by atoms with Crippen LogP contribution in [-0.4, -0.2) is 28.5 Å². The van der Waals surface area contributed by atoms with Gasteiger partial charge in [-0.15, -0.1) is 0 Å². The van der Waals surface area contributed by atoms with Gasteiger partial charge in [-0.25, -0.2) is 9.97 Å².